The smallest absolute Gasteiger partial charge is 0.330 e. The quantitative estimate of drug-likeness (QED) is 0.271. The van der Waals surface area contributed by atoms with Crippen molar-refractivity contribution < 1.29 is 9.53 Å². The molecule has 0 unspecified atom stereocenters. The van der Waals surface area contributed by atoms with Crippen LogP contribution in [0.3, 0.4) is 0 Å². The summed E-state index contributed by atoms with van der Waals surface area (Å²) in [6, 6.07) is 0. The maximum atomic E-state index is 10.5. The lowest BCUT2D eigenvalue weighted by Crippen LogP contribution is -2.24. The largest absolute Gasteiger partial charge is 0.618 e. The van der Waals surface area contributed by atoms with Crippen molar-refractivity contribution in [2.75, 3.05) is 0 Å². The molecule has 0 amide bonds. The highest BCUT2D eigenvalue weighted by Crippen LogP contribution is 1.90. The number of allylic oxidation sites excluding steroid dienone is 1. The highest BCUT2D eigenvalue weighted by Gasteiger charge is 2.16. The molecule has 1 aliphatic rings. The minimum Gasteiger partial charge on any atom is -0.618 e. The predicted molar refractivity (Wildman–Crippen MR) is 36.4 cm³/mol. The van der Waals surface area contributed by atoms with E-state index in [-0.39, 0.29) is 4.99 Å². The molecule has 0 saturated carbocycles. The van der Waals surface area contributed by atoms with Gasteiger partial charge in [-0.15, -0.1) is 0 Å². The summed E-state index contributed by atoms with van der Waals surface area (Å²) in [4.78, 5) is 10.3. The van der Waals surface area contributed by atoms with E-state index in [2.05, 4.69) is 12.2 Å². The molecule has 0 aromatic rings. The van der Waals surface area contributed by atoms with Gasteiger partial charge in [-0.1, -0.05) is 0 Å². The van der Waals surface area contributed by atoms with Crippen LogP contribution in [-0.2, 0) is 4.79 Å². The van der Waals surface area contributed by atoms with E-state index in [0.717, 1.165) is 0 Å². The first kappa shape index (κ1) is 6.10. The zero-order valence-corrected chi connectivity index (χ0v) is 5.22. The van der Waals surface area contributed by atoms with Crippen LogP contribution in [0.15, 0.2) is 12.2 Å². The van der Waals surface area contributed by atoms with E-state index in [1.54, 1.807) is 0 Å². The number of hydrogen-bond donors (Lipinski definition) is 0. The van der Waals surface area contributed by atoms with Gasteiger partial charge < -0.3 is 5.21 Å². The van der Waals surface area contributed by atoms with Crippen molar-refractivity contribution in [3.63, 3.8) is 0 Å². The minimum atomic E-state index is -0.400. The first-order valence-corrected chi connectivity index (χ1v) is 2.69. The van der Waals surface area contributed by atoms with Gasteiger partial charge in [-0.05, 0) is 18.3 Å². The Morgan fingerprint density at radius 2 is 2.33 bits per heavy atom. The fraction of sp³-hybridized carbons (Fsp3) is 0. The SMILES string of the molecule is O=C1C=CC=[N+]([O-])C1=S. The van der Waals surface area contributed by atoms with Crippen molar-refractivity contribution >= 4 is 29.2 Å². The summed E-state index contributed by atoms with van der Waals surface area (Å²) in [6.07, 6.45) is 3.82. The van der Waals surface area contributed by atoms with Crippen LogP contribution in [-0.4, -0.2) is 21.7 Å². The molecular weight excluding hydrogens is 138 g/mol. The van der Waals surface area contributed by atoms with Gasteiger partial charge in [0.15, 0.2) is 6.21 Å². The molecular formula is C5H3NO2S. The van der Waals surface area contributed by atoms with Crippen molar-refractivity contribution in [2.45, 2.75) is 0 Å². The van der Waals surface area contributed by atoms with E-state index in [4.69, 9.17) is 0 Å². The molecule has 4 heteroatoms. The number of rotatable bonds is 0. The molecule has 0 bridgehead atoms. The molecule has 0 N–H and O–H groups in total. The van der Waals surface area contributed by atoms with Gasteiger partial charge >= 0.3 is 4.99 Å². The number of hydroxylamine groups is 1. The Morgan fingerprint density at radius 1 is 1.67 bits per heavy atom. The Morgan fingerprint density at radius 3 is 2.78 bits per heavy atom. The number of carbonyl (C=O) groups excluding carboxylic acids is 1. The summed E-state index contributed by atoms with van der Waals surface area (Å²) in [5, 5.41) is 10.5. The Hall–Kier alpha value is -1.03. The molecule has 9 heavy (non-hydrogen) atoms. The molecule has 0 aromatic heterocycles. The monoisotopic (exact) mass is 141 g/mol. The fourth-order valence-electron chi connectivity index (χ4n) is 0.456. The number of carbonyl (C=O) groups is 1. The van der Waals surface area contributed by atoms with Gasteiger partial charge in [-0.3, -0.25) is 4.79 Å². The summed E-state index contributed by atoms with van der Waals surface area (Å²) < 4.78 is 0.373. The summed E-state index contributed by atoms with van der Waals surface area (Å²) in [5.41, 5.74) is 0. The number of nitrogens with zero attached hydrogens (tertiary/aromatic N) is 1. The van der Waals surface area contributed by atoms with Crippen LogP contribution in [0.4, 0.5) is 0 Å². The summed E-state index contributed by atoms with van der Waals surface area (Å²) in [6.45, 7) is 0. The Labute approximate surface area is 56.9 Å². The molecule has 0 aliphatic carbocycles. The van der Waals surface area contributed by atoms with Crippen molar-refractivity contribution in [3.8, 4) is 0 Å². The van der Waals surface area contributed by atoms with Crippen LogP contribution >= 0.6 is 12.2 Å². The second kappa shape index (κ2) is 2.06. The fourth-order valence-corrected chi connectivity index (χ4v) is 0.585. The van der Waals surface area contributed by atoms with E-state index in [0.29, 0.717) is 4.74 Å². The highest BCUT2D eigenvalue weighted by atomic mass is 32.1. The topological polar surface area (TPSA) is 43.1 Å². The Kier molecular flexibility index (Phi) is 1.40. The van der Waals surface area contributed by atoms with Gasteiger partial charge in [-0.25, -0.2) is 0 Å². The molecule has 46 valence electrons. The molecule has 1 heterocycles. The second-order valence-corrected chi connectivity index (χ2v) is 1.89. The summed E-state index contributed by atoms with van der Waals surface area (Å²) in [7, 11) is 0. The normalized spacial score (nSPS) is 18.0. The zero-order chi connectivity index (χ0) is 6.85. The first-order valence-electron chi connectivity index (χ1n) is 2.28. The van der Waals surface area contributed by atoms with Crippen LogP contribution in [0.1, 0.15) is 0 Å². The van der Waals surface area contributed by atoms with Gasteiger partial charge in [0.25, 0.3) is 5.78 Å². The van der Waals surface area contributed by atoms with E-state index in [1.807, 2.05) is 0 Å². The second-order valence-electron chi connectivity index (χ2n) is 1.50. The molecule has 0 aromatic carbocycles. The third-order valence-corrected chi connectivity index (χ3v) is 1.26. The first-order chi connectivity index (χ1) is 4.22. The standard InChI is InChI=1S/C5H3NO2S/c7-4-2-1-3-6(8)5(4)9/h1-3H. The summed E-state index contributed by atoms with van der Waals surface area (Å²) >= 11 is 4.43. The van der Waals surface area contributed by atoms with E-state index >= 15 is 0 Å². The van der Waals surface area contributed by atoms with Crippen LogP contribution < -0.4 is 0 Å². The molecule has 0 saturated heterocycles. The molecule has 1 rings (SSSR count). The molecule has 0 spiro atoms. The van der Waals surface area contributed by atoms with Crippen LogP contribution in [0.5, 0.6) is 0 Å². The molecule has 1 aliphatic heterocycles. The van der Waals surface area contributed by atoms with Gasteiger partial charge in [0.1, 0.15) is 0 Å². The zero-order valence-electron chi connectivity index (χ0n) is 4.40. The van der Waals surface area contributed by atoms with Crippen molar-refractivity contribution in [2.24, 2.45) is 0 Å². The molecule has 0 fully saturated rings. The van der Waals surface area contributed by atoms with Crippen molar-refractivity contribution in [1.82, 2.24) is 0 Å². The molecule has 0 atom stereocenters. The average Bonchev–Trinajstić information content (AvgIpc) is 1.83. The van der Waals surface area contributed by atoms with Crippen molar-refractivity contribution in [1.29, 1.82) is 0 Å². The Balaban J connectivity index is 3.00. The molecule has 3 nitrogen and oxygen atoms in total. The van der Waals surface area contributed by atoms with Gasteiger partial charge in [0, 0.05) is 6.08 Å². The van der Waals surface area contributed by atoms with E-state index in [9.17, 15) is 10.0 Å². The van der Waals surface area contributed by atoms with Gasteiger partial charge in [0.05, 0.1) is 0 Å². The van der Waals surface area contributed by atoms with Gasteiger partial charge in [0.2, 0.25) is 0 Å². The minimum absolute atomic E-state index is 0.197. The third kappa shape index (κ3) is 1.02. The lowest BCUT2D eigenvalue weighted by Gasteiger charge is -2.01. The predicted octanol–water partition coefficient (Wildman–Crippen LogP) is 0.0338. The lowest BCUT2D eigenvalue weighted by molar-refractivity contribution is -0.312. The Bertz CT molecular complexity index is 229. The van der Waals surface area contributed by atoms with Crippen LogP contribution in [0, 0.1) is 5.21 Å². The maximum absolute atomic E-state index is 10.5. The third-order valence-electron chi connectivity index (χ3n) is 0.880. The van der Waals surface area contributed by atoms with E-state index in [1.165, 1.54) is 18.4 Å². The number of thiocarbonyl (C=S) groups is 1. The van der Waals surface area contributed by atoms with Gasteiger partial charge in [-0.2, -0.15) is 4.74 Å². The lowest BCUT2D eigenvalue weighted by atomic mass is 10.3. The highest BCUT2D eigenvalue weighted by molar-refractivity contribution is 7.81. The average molecular weight is 141 g/mol. The van der Waals surface area contributed by atoms with Crippen molar-refractivity contribution in [3.05, 3.63) is 17.4 Å². The summed E-state index contributed by atoms with van der Waals surface area (Å²) in [5.74, 6) is -0.400. The maximum Gasteiger partial charge on any atom is 0.330 e. The number of hydrogen-bond acceptors (Lipinski definition) is 3. The van der Waals surface area contributed by atoms with E-state index < -0.39 is 5.78 Å². The van der Waals surface area contributed by atoms with Crippen LogP contribution in [0.2, 0.25) is 0 Å². The number of ketones is 1. The molecule has 0 radical (unpaired) electrons. The van der Waals surface area contributed by atoms with Crippen LogP contribution in [0.25, 0.3) is 0 Å².